The molecule has 0 spiro atoms. The minimum Gasteiger partial charge on any atom is -0.350 e. The van der Waals surface area contributed by atoms with Crippen LogP contribution in [0.15, 0.2) is 109 Å². The number of halogens is 1. The van der Waals surface area contributed by atoms with Gasteiger partial charge in [0.2, 0.25) is 11.8 Å². The van der Waals surface area contributed by atoms with Gasteiger partial charge in [-0.1, -0.05) is 84.4 Å². The van der Waals surface area contributed by atoms with Crippen molar-refractivity contribution in [2.45, 2.75) is 32.0 Å². The van der Waals surface area contributed by atoms with Crippen molar-refractivity contribution in [1.82, 2.24) is 15.2 Å². The first kappa shape index (κ1) is 25.1. The normalized spacial score (nSPS) is 11.5. The number of aryl methyl sites for hydroxylation is 1. The molecule has 0 bridgehead atoms. The predicted molar refractivity (Wildman–Crippen MR) is 142 cm³/mol. The zero-order valence-corrected chi connectivity index (χ0v) is 20.6. The highest BCUT2D eigenvalue weighted by molar-refractivity contribution is 6.30. The summed E-state index contributed by atoms with van der Waals surface area (Å²) in [7, 11) is 0. The van der Waals surface area contributed by atoms with Gasteiger partial charge in [-0.3, -0.25) is 14.6 Å². The molecule has 36 heavy (non-hydrogen) atoms. The van der Waals surface area contributed by atoms with E-state index in [1.807, 2.05) is 84.9 Å². The van der Waals surface area contributed by atoms with Crippen LogP contribution in [0, 0.1) is 0 Å². The molecule has 4 rings (SSSR count). The zero-order valence-electron chi connectivity index (χ0n) is 19.9. The van der Waals surface area contributed by atoms with E-state index in [4.69, 9.17) is 11.6 Å². The van der Waals surface area contributed by atoms with Crippen molar-refractivity contribution in [1.29, 1.82) is 0 Å². The summed E-state index contributed by atoms with van der Waals surface area (Å²) in [5, 5.41) is 3.64. The Morgan fingerprint density at radius 3 is 2.08 bits per heavy atom. The first-order valence-electron chi connectivity index (χ1n) is 11.9. The van der Waals surface area contributed by atoms with E-state index >= 15 is 0 Å². The van der Waals surface area contributed by atoms with Gasteiger partial charge in [-0.15, -0.1) is 0 Å². The Kier molecular flexibility index (Phi) is 8.84. The maximum atomic E-state index is 13.7. The molecule has 1 aromatic heterocycles. The molecule has 0 saturated heterocycles. The van der Waals surface area contributed by atoms with E-state index in [0.717, 1.165) is 22.3 Å². The lowest BCUT2D eigenvalue weighted by Gasteiger charge is -2.32. The van der Waals surface area contributed by atoms with Gasteiger partial charge in [-0.2, -0.15) is 0 Å². The van der Waals surface area contributed by atoms with Crippen LogP contribution in [-0.2, 0) is 29.1 Å². The molecule has 0 fully saturated rings. The summed E-state index contributed by atoms with van der Waals surface area (Å²) in [6.07, 6.45) is 4.27. The number of nitrogens with zero attached hydrogens (tertiary/aromatic N) is 2. The second-order valence-electron chi connectivity index (χ2n) is 8.52. The molecule has 5 nitrogen and oxygen atoms in total. The zero-order chi connectivity index (χ0) is 25.2. The summed E-state index contributed by atoms with van der Waals surface area (Å²) in [5.41, 5.74) is 3.67. The molecule has 6 heteroatoms. The number of hydrogen-bond acceptors (Lipinski definition) is 3. The minimum atomic E-state index is -0.785. The van der Waals surface area contributed by atoms with Gasteiger partial charge >= 0.3 is 0 Å². The topological polar surface area (TPSA) is 62.3 Å². The number of benzene rings is 3. The summed E-state index contributed by atoms with van der Waals surface area (Å²) >= 11 is 6.09. The molecule has 0 saturated carbocycles. The van der Waals surface area contributed by atoms with Crippen LogP contribution in [0.3, 0.4) is 0 Å². The molecule has 3 aromatic carbocycles. The quantitative estimate of drug-likeness (QED) is 0.303. The number of hydrogen-bond donors (Lipinski definition) is 1. The third-order valence-electron chi connectivity index (χ3n) is 5.95. The molecule has 0 aliphatic carbocycles. The lowest BCUT2D eigenvalue weighted by Crippen LogP contribution is -2.43. The Hall–Kier alpha value is -3.96. The monoisotopic (exact) mass is 497 g/mol. The van der Waals surface area contributed by atoms with E-state index < -0.39 is 6.04 Å². The summed E-state index contributed by atoms with van der Waals surface area (Å²) in [4.78, 5) is 33.0. The van der Waals surface area contributed by atoms with Crippen molar-refractivity contribution in [2.75, 3.05) is 0 Å². The smallest absolute Gasteiger partial charge is 0.247 e. The third kappa shape index (κ3) is 7.03. The fourth-order valence-electron chi connectivity index (χ4n) is 4.04. The van der Waals surface area contributed by atoms with Crippen molar-refractivity contribution < 1.29 is 9.59 Å². The van der Waals surface area contributed by atoms with E-state index in [1.165, 1.54) is 0 Å². The maximum absolute atomic E-state index is 13.7. The van der Waals surface area contributed by atoms with Crippen molar-refractivity contribution in [3.05, 3.63) is 137 Å². The van der Waals surface area contributed by atoms with Crippen LogP contribution in [0.1, 0.15) is 34.7 Å². The molecule has 1 N–H and O–H groups in total. The minimum absolute atomic E-state index is 0.0956. The van der Waals surface area contributed by atoms with Crippen molar-refractivity contribution in [3.63, 3.8) is 0 Å². The van der Waals surface area contributed by atoms with Crippen LogP contribution in [0.2, 0.25) is 5.02 Å². The van der Waals surface area contributed by atoms with E-state index in [9.17, 15) is 9.59 Å². The van der Waals surface area contributed by atoms with Gasteiger partial charge in [0.05, 0.1) is 0 Å². The Bertz CT molecular complexity index is 1250. The van der Waals surface area contributed by atoms with E-state index in [0.29, 0.717) is 24.4 Å². The molecule has 0 radical (unpaired) electrons. The Morgan fingerprint density at radius 1 is 0.778 bits per heavy atom. The number of carbonyl (C=O) groups excluding carboxylic acids is 2. The molecule has 0 aliphatic heterocycles. The van der Waals surface area contributed by atoms with Gasteiger partial charge in [-0.05, 0) is 52.9 Å². The van der Waals surface area contributed by atoms with Gasteiger partial charge in [0, 0.05) is 36.9 Å². The number of amides is 2. The SMILES string of the molecule is O=C(NCc1ccncc1)C(c1ccccc1)N(Cc1ccc(Cl)cc1)C(=O)CCc1ccccc1. The number of pyridine rings is 1. The summed E-state index contributed by atoms with van der Waals surface area (Å²) in [6.45, 7) is 0.630. The van der Waals surface area contributed by atoms with Crippen LogP contribution in [0.5, 0.6) is 0 Å². The molecule has 1 heterocycles. The lowest BCUT2D eigenvalue weighted by atomic mass is 10.0. The van der Waals surface area contributed by atoms with Crippen LogP contribution in [0.25, 0.3) is 0 Å². The molecule has 4 aromatic rings. The fraction of sp³-hybridized carbons (Fsp3) is 0.167. The number of aromatic nitrogens is 1. The number of rotatable bonds is 10. The average molecular weight is 498 g/mol. The Balaban J connectivity index is 1.62. The van der Waals surface area contributed by atoms with Gasteiger partial charge in [-0.25, -0.2) is 0 Å². The second-order valence-corrected chi connectivity index (χ2v) is 8.96. The van der Waals surface area contributed by atoms with Crippen LogP contribution < -0.4 is 5.32 Å². The van der Waals surface area contributed by atoms with Gasteiger partial charge in [0.15, 0.2) is 0 Å². The van der Waals surface area contributed by atoms with Crippen molar-refractivity contribution in [3.8, 4) is 0 Å². The molecule has 1 atom stereocenters. The molecule has 2 amide bonds. The molecule has 0 aliphatic rings. The Morgan fingerprint density at radius 2 is 1.42 bits per heavy atom. The third-order valence-corrected chi connectivity index (χ3v) is 6.20. The standard InChI is InChI=1S/C30H28ClN3O2/c31-27-14-11-25(12-15-27)22-34(28(35)16-13-23-7-3-1-4-8-23)29(26-9-5-2-6-10-26)30(36)33-21-24-17-19-32-20-18-24/h1-12,14-15,17-20,29H,13,16,21-22H2,(H,33,36). The highest BCUT2D eigenvalue weighted by Gasteiger charge is 2.31. The number of carbonyl (C=O) groups is 2. The maximum Gasteiger partial charge on any atom is 0.247 e. The highest BCUT2D eigenvalue weighted by atomic mass is 35.5. The summed E-state index contributed by atoms with van der Waals surface area (Å²) in [5.74, 6) is -0.332. The first-order valence-corrected chi connectivity index (χ1v) is 12.3. The molecular formula is C30H28ClN3O2. The first-order chi connectivity index (χ1) is 17.6. The Labute approximate surface area is 216 Å². The van der Waals surface area contributed by atoms with E-state index in [1.54, 1.807) is 29.4 Å². The van der Waals surface area contributed by atoms with Gasteiger partial charge in [0.1, 0.15) is 6.04 Å². The molecule has 1 unspecified atom stereocenters. The molecular weight excluding hydrogens is 470 g/mol. The summed E-state index contributed by atoms with van der Waals surface area (Å²) in [6, 6.07) is 29.6. The van der Waals surface area contributed by atoms with Crippen LogP contribution in [0.4, 0.5) is 0 Å². The highest BCUT2D eigenvalue weighted by Crippen LogP contribution is 2.26. The molecule has 182 valence electrons. The van der Waals surface area contributed by atoms with Gasteiger partial charge < -0.3 is 10.2 Å². The van der Waals surface area contributed by atoms with E-state index in [-0.39, 0.29) is 18.4 Å². The summed E-state index contributed by atoms with van der Waals surface area (Å²) < 4.78 is 0. The van der Waals surface area contributed by atoms with Crippen LogP contribution >= 0.6 is 11.6 Å². The van der Waals surface area contributed by atoms with Crippen molar-refractivity contribution >= 4 is 23.4 Å². The van der Waals surface area contributed by atoms with Crippen LogP contribution in [-0.4, -0.2) is 21.7 Å². The largest absolute Gasteiger partial charge is 0.350 e. The average Bonchev–Trinajstić information content (AvgIpc) is 2.93. The predicted octanol–water partition coefficient (Wildman–Crippen LogP) is 5.75. The van der Waals surface area contributed by atoms with Gasteiger partial charge in [0.25, 0.3) is 0 Å². The number of nitrogens with one attached hydrogen (secondary N) is 1. The van der Waals surface area contributed by atoms with Crippen molar-refractivity contribution in [2.24, 2.45) is 0 Å². The lowest BCUT2D eigenvalue weighted by molar-refractivity contribution is -0.141. The second kappa shape index (κ2) is 12.7. The van der Waals surface area contributed by atoms with E-state index in [2.05, 4.69) is 10.3 Å². The fourth-order valence-corrected chi connectivity index (χ4v) is 4.17.